The topological polar surface area (TPSA) is 142 Å². The van der Waals surface area contributed by atoms with Gasteiger partial charge in [0.2, 0.25) is 0 Å². The van der Waals surface area contributed by atoms with E-state index in [-0.39, 0.29) is 30.8 Å². The van der Waals surface area contributed by atoms with Gasteiger partial charge in [-0.1, -0.05) is 19.4 Å². The number of nitrogens with two attached hydrogens (primary N) is 1. The minimum absolute atomic E-state index is 0.0168. The predicted molar refractivity (Wildman–Crippen MR) is 135 cm³/mol. The van der Waals surface area contributed by atoms with Crippen molar-refractivity contribution in [2.75, 3.05) is 0 Å². The van der Waals surface area contributed by atoms with Gasteiger partial charge in [0.25, 0.3) is 0 Å². The summed E-state index contributed by atoms with van der Waals surface area (Å²) in [4.78, 5) is 49.1. The zero-order valence-corrected chi connectivity index (χ0v) is 22.7. The van der Waals surface area contributed by atoms with Crippen LogP contribution in [0.5, 0.6) is 11.5 Å². The van der Waals surface area contributed by atoms with Crippen LogP contribution in [0.15, 0.2) is 18.2 Å². The molecule has 0 spiro atoms. The third-order valence-electron chi connectivity index (χ3n) is 5.30. The van der Waals surface area contributed by atoms with Gasteiger partial charge in [-0.25, -0.2) is 0 Å². The first-order valence-electron chi connectivity index (χ1n) is 12.2. The number of esters is 3. The van der Waals surface area contributed by atoms with E-state index in [4.69, 9.17) is 19.9 Å². The van der Waals surface area contributed by atoms with Gasteiger partial charge in [0, 0.05) is 19.3 Å². The maximum Gasteiger partial charge on any atom is 0.324 e. The monoisotopic (exact) mass is 507 g/mol. The molecular formula is C27H41NO8. The average Bonchev–Trinajstić information content (AvgIpc) is 2.72. The molecule has 0 amide bonds. The molecular weight excluding hydrogens is 466 g/mol. The van der Waals surface area contributed by atoms with E-state index in [1.807, 2.05) is 6.92 Å². The molecule has 3 N–H and O–H groups in total. The highest BCUT2D eigenvalue weighted by molar-refractivity contribution is 5.82. The Morgan fingerprint density at radius 2 is 1.47 bits per heavy atom. The van der Waals surface area contributed by atoms with Crippen LogP contribution in [-0.4, -0.2) is 40.6 Å². The van der Waals surface area contributed by atoms with Crippen LogP contribution >= 0.6 is 0 Å². The summed E-state index contributed by atoms with van der Waals surface area (Å²) in [5.41, 5.74) is 3.30. The third kappa shape index (κ3) is 9.60. The number of hydrogen-bond acceptors (Lipinski definition) is 8. The first kappa shape index (κ1) is 31.1. The Balaban J connectivity index is 3.25. The molecule has 0 aliphatic rings. The molecule has 1 aromatic carbocycles. The van der Waals surface area contributed by atoms with E-state index in [0.29, 0.717) is 12.0 Å². The Bertz CT molecular complexity index is 958. The van der Waals surface area contributed by atoms with E-state index in [1.165, 1.54) is 12.1 Å². The van der Waals surface area contributed by atoms with E-state index in [0.717, 1.165) is 6.42 Å². The fourth-order valence-corrected chi connectivity index (χ4v) is 3.09. The number of benzene rings is 1. The standard InChI is InChI=1S/C27H41NO8/c1-9-10-11-21(29)34-17(2)15-27(28,22(30)31)16-18-12-13-19(35-23(32)25(3,4)5)20(14-18)36-24(33)26(6,7)8/h12-14,17H,9-11,15-16,28H2,1-8H3,(H,30,31)/t17-,27?/m0/s1. The minimum atomic E-state index is -1.76. The van der Waals surface area contributed by atoms with Gasteiger partial charge in [-0.05, 0) is 72.6 Å². The average molecular weight is 508 g/mol. The molecule has 1 rings (SSSR count). The van der Waals surface area contributed by atoms with Crippen molar-refractivity contribution in [2.24, 2.45) is 16.6 Å². The van der Waals surface area contributed by atoms with Crippen molar-refractivity contribution in [1.29, 1.82) is 0 Å². The molecule has 0 aliphatic heterocycles. The zero-order valence-electron chi connectivity index (χ0n) is 22.7. The Kier molecular flexibility index (Phi) is 10.7. The van der Waals surface area contributed by atoms with Crippen LogP contribution in [0, 0.1) is 10.8 Å². The summed E-state index contributed by atoms with van der Waals surface area (Å²) in [6, 6.07) is 4.44. The zero-order chi connectivity index (χ0) is 27.9. The fraction of sp³-hybridized carbons (Fsp3) is 0.630. The quantitative estimate of drug-likeness (QED) is 0.328. The van der Waals surface area contributed by atoms with Gasteiger partial charge < -0.3 is 25.1 Å². The summed E-state index contributed by atoms with van der Waals surface area (Å²) >= 11 is 0. The number of aliphatic carboxylic acids is 1. The number of rotatable bonds is 11. The van der Waals surface area contributed by atoms with Crippen LogP contribution in [0.25, 0.3) is 0 Å². The lowest BCUT2D eigenvalue weighted by molar-refractivity contribution is -0.153. The number of carboxylic acid groups (broad SMARTS) is 1. The van der Waals surface area contributed by atoms with Crippen LogP contribution in [0.2, 0.25) is 0 Å². The number of carbonyl (C=O) groups excluding carboxylic acids is 3. The summed E-state index contributed by atoms with van der Waals surface area (Å²) in [6.45, 7) is 13.7. The van der Waals surface area contributed by atoms with Crippen molar-refractivity contribution in [3.63, 3.8) is 0 Å². The molecule has 36 heavy (non-hydrogen) atoms. The predicted octanol–water partition coefficient (Wildman–Crippen LogP) is 4.43. The summed E-state index contributed by atoms with van der Waals surface area (Å²) < 4.78 is 16.3. The summed E-state index contributed by atoms with van der Waals surface area (Å²) in [5, 5.41) is 9.88. The first-order valence-corrected chi connectivity index (χ1v) is 12.2. The lowest BCUT2D eigenvalue weighted by Gasteiger charge is -2.28. The van der Waals surface area contributed by atoms with Gasteiger partial charge in [0.05, 0.1) is 10.8 Å². The molecule has 2 atom stereocenters. The van der Waals surface area contributed by atoms with Crippen LogP contribution in [0.4, 0.5) is 0 Å². The maximum atomic E-state index is 12.6. The highest BCUT2D eigenvalue weighted by atomic mass is 16.6. The molecule has 202 valence electrons. The second kappa shape index (κ2) is 12.3. The first-order chi connectivity index (χ1) is 16.4. The number of carbonyl (C=O) groups is 4. The Morgan fingerprint density at radius 1 is 0.944 bits per heavy atom. The minimum Gasteiger partial charge on any atom is -0.480 e. The number of carboxylic acids is 1. The van der Waals surface area contributed by atoms with Crippen LogP contribution < -0.4 is 15.2 Å². The van der Waals surface area contributed by atoms with E-state index >= 15 is 0 Å². The molecule has 0 bridgehead atoms. The molecule has 9 heteroatoms. The highest BCUT2D eigenvalue weighted by Gasteiger charge is 2.37. The van der Waals surface area contributed by atoms with Crippen molar-refractivity contribution in [1.82, 2.24) is 0 Å². The molecule has 1 aromatic rings. The van der Waals surface area contributed by atoms with Crippen molar-refractivity contribution in [3.8, 4) is 11.5 Å². The largest absolute Gasteiger partial charge is 0.480 e. The van der Waals surface area contributed by atoms with Gasteiger partial charge in [-0.15, -0.1) is 0 Å². The lowest BCUT2D eigenvalue weighted by Crippen LogP contribution is -2.52. The molecule has 9 nitrogen and oxygen atoms in total. The van der Waals surface area contributed by atoms with Crippen molar-refractivity contribution < 1.29 is 38.5 Å². The Morgan fingerprint density at radius 3 is 1.94 bits per heavy atom. The molecule has 1 unspecified atom stereocenters. The Hall–Kier alpha value is -2.94. The second-order valence-corrected chi connectivity index (χ2v) is 11.3. The van der Waals surface area contributed by atoms with E-state index in [1.54, 1.807) is 54.5 Å². The van der Waals surface area contributed by atoms with Crippen molar-refractivity contribution in [2.45, 2.75) is 99.1 Å². The van der Waals surface area contributed by atoms with Crippen molar-refractivity contribution >= 4 is 23.9 Å². The van der Waals surface area contributed by atoms with Gasteiger partial charge in [0.1, 0.15) is 11.6 Å². The SMILES string of the molecule is CCCCC(=O)O[C@@H](C)CC(N)(Cc1ccc(OC(=O)C(C)(C)C)c(OC(=O)C(C)(C)C)c1)C(=O)O. The van der Waals surface area contributed by atoms with Crippen LogP contribution in [-0.2, 0) is 30.3 Å². The molecule has 0 saturated carbocycles. The smallest absolute Gasteiger partial charge is 0.324 e. The fourth-order valence-electron chi connectivity index (χ4n) is 3.09. The van der Waals surface area contributed by atoms with Gasteiger partial charge in [-0.3, -0.25) is 19.2 Å². The molecule has 0 aliphatic carbocycles. The van der Waals surface area contributed by atoms with Gasteiger partial charge >= 0.3 is 23.9 Å². The molecule has 0 aromatic heterocycles. The van der Waals surface area contributed by atoms with Crippen LogP contribution in [0.1, 0.15) is 86.6 Å². The summed E-state index contributed by atoms with van der Waals surface area (Å²) in [7, 11) is 0. The van der Waals surface area contributed by atoms with Gasteiger partial charge in [0.15, 0.2) is 11.5 Å². The van der Waals surface area contributed by atoms with Crippen molar-refractivity contribution in [3.05, 3.63) is 23.8 Å². The van der Waals surface area contributed by atoms with Crippen LogP contribution in [0.3, 0.4) is 0 Å². The van der Waals surface area contributed by atoms with E-state index in [2.05, 4.69) is 0 Å². The highest BCUT2D eigenvalue weighted by Crippen LogP contribution is 2.34. The third-order valence-corrected chi connectivity index (χ3v) is 5.30. The normalized spacial score (nSPS) is 14.4. The number of unbranched alkanes of at least 4 members (excludes halogenated alkanes) is 1. The molecule has 0 heterocycles. The summed E-state index contributed by atoms with van der Waals surface area (Å²) in [5.74, 6) is -2.74. The Labute approximate surface area is 213 Å². The lowest BCUT2D eigenvalue weighted by atomic mass is 9.86. The van der Waals surface area contributed by atoms with E-state index in [9.17, 15) is 24.3 Å². The summed E-state index contributed by atoms with van der Waals surface area (Å²) in [6.07, 6.45) is 0.775. The molecule has 0 saturated heterocycles. The maximum absolute atomic E-state index is 12.6. The number of hydrogen-bond donors (Lipinski definition) is 2. The van der Waals surface area contributed by atoms with Gasteiger partial charge in [-0.2, -0.15) is 0 Å². The second-order valence-electron chi connectivity index (χ2n) is 11.3. The van der Waals surface area contributed by atoms with E-state index < -0.39 is 46.4 Å². The molecule has 0 fully saturated rings. The molecule has 0 radical (unpaired) electrons. The number of ether oxygens (including phenoxy) is 3.